The van der Waals surface area contributed by atoms with Crippen LogP contribution in [0.2, 0.25) is 0 Å². The van der Waals surface area contributed by atoms with Crippen molar-refractivity contribution in [3.8, 4) is 0 Å². The second-order valence-electron chi connectivity index (χ2n) is 7.68. The highest BCUT2D eigenvalue weighted by molar-refractivity contribution is 6.44. The van der Waals surface area contributed by atoms with E-state index < -0.39 is 11.7 Å². The lowest BCUT2D eigenvalue weighted by Gasteiger charge is -2.20. The van der Waals surface area contributed by atoms with Crippen LogP contribution in [-0.4, -0.2) is 25.3 Å². The van der Waals surface area contributed by atoms with E-state index in [0.717, 1.165) is 22.8 Å². The first-order valence-corrected chi connectivity index (χ1v) is 8.76. The molecule has 0 aliphatic rings. The number of ether oxygens (including phenoxy) is 1. The van der Waals surface area contributed by atoms with Crippen molar-refractivity contribution in [3.05, 3.63) is 59.4 Å². The lowest BCUT2D eigenvalue weighted by Crippen LogP contribution is -2.33. The van der Waals surface area contributed by atoms with Gasteiger partial charge >= 0.3 is 0 Å². The summed E-state index contributed by atoms with van der Waals surface area (Å²) in [6.07, 6.45) is 0.851. The van der Waals surface area contributed by atoms with Crippen molar-refractivity contribution in [2.75, 3.05) is 13.7 Å². The van der Waals surface area contributed by atoms with Gasteiger partial charge in [-0.25, -0.2) is 0 Å². The van der Waals surface area contributed by atoms with E-state index in [2.05, 4.69) is 26.1 Å². The van der Waals surface area contributed by atoms with Gasteiger partial charge in [0, 0.05) is 5.56 Å². The molecule has 0 saturated carbocycles. The molecule has 0 spiro atoms. The van der Waals surface area contributed by atoms with E-state index in [0.29, 0.717) is 11.3 Å². The van der Waals surface area contributed by atoms with Gasteiger partial charge in [0.05, 0.1) is 13.7 Å². The van der Waals surface area contributed by atoms with Gasteiger partial charge in [-0.05, 0) is 35.1 Å². The molecule has 2 aromatic rings. The summed E-state index contributed by atoms with van der Waals surface area (Å²) in [5, 5.41) is 4.41. The van der Waals surface area contributed by atoms with Crippen molar-refractivity contribution in [1.29, 1.82) is 0 Å². The van der Waals surface area contributed by atoms with Crippen molar-refractivity contribution < 1.29 is 14.3 Å². The number of carbonyl (C=O) groups excluding carboxylic acids is 2. The third-order valence-electron chi connectivity index (χ3n) is 4.17. The number of hydrogen-bond donors (Lipinski definition) is 1. The van der Waals surface area contributed by atoms with Crippen LogP contribution in [0.15, 0.2) is 53.8 Å². The van der Waals surface area contributed by atoms with Crippen LogP contribution in [0.3, 0.4) is 0 Å². The van der Waals surface area contributed by atoms with Crippen molar-refractivity contribution in [2.24, 2.45) is 5.41 Å². The molecule has 26 heavy (non-hydrogen) atoms. The zero-order valence-corrected chi connectivity index (χ0v) is 16.2. The predicted molar refractivity (Wildman–Crippen MR) is 105 cm³/mol. The highest BCUT2D eigenvalue weighted by atomic mass is 16.5. The maximum Gasteiger partial charge on any atom is 0.292 e. The van der Waals surface area contributed by atoms with Crippen LogP contribution < -0.4 is 5.32 Å². The van der Waals surface area contributed by atoms with E-state index in [1.807, 2.05) is 37.3 Å². The first kappa shape index (κ1) is 19.7. The van der Waals surface area contributed by atoms with Gasteiger partial charge in [0.15, 0.2) is 0 Å². The van der Waals surface area contributed by atoms with Crippen LogP contribution in [0, 0.1) is 5.41 Å². The highest BCUT2D eigenvalue weighted by Crippen LogP contribution is 2.25. The third kappa shape index (κ3) is 4.94. The molecule has 0 bridgehead atoms. The van der Waals surface area contributed by atoms with E-state index >= 15 is 0 Å². The molecular formula is C22H27NO3. The van der Waals surface area contributed by atoms with Crippen LogP contribution in [-0.2, 0) is 9.53 Å². The number of fused-ring (bicyclic) bond motifs is 1. The average molecular weight is 353 g/mol. The highest BCUT2D eigenvalue weighted by Gasteiger charge is 2.20. The molecule has 0 aliphatic carbocycles. The number of methoxy groups -OCH3 is 1. The van der Waals surface area contributed by atoms with E-state index in [-0.39, 0.29) is 12.0 Å². The number of carbonyl (C=O) groups is 2. The summed E-state index contributed by atoms with van der Waals surface area (Å²) in [4.78, 5) is 25.0. The number of Topliss-reactive ketones (excluding diaryl/α,β-unsaturated/α-hetero) is 1. The van der Waals surface area contributed by atoms with Crippen LogP contribution in [0.5, 0.6) is 0 Å². The molecule has 2 aromatic carbocycles. The summed E-state index contributed by atoms with van der Waals surface area (Å²) in [6.45, 7) is 8.63. The van der Waals surface area contributed by atoms with Crippen molar-refractivity contribution >= 4 is 22.5 Å². The van der Waals surface area contributed by atoms with Gasteiger partial charge in [-0.15, -0.1) is 0 Å². The van der Waals surface area contributed by atoms with Crippen molar-refractivity contribution in [1.82, 2.24) is 5.32 Å². The van der Waals surface area contributed by atoms with E-state index in [1.54, 1.807) is 19.2 Å². The standard InChI is InChI=1S/C22H27NO3/c1-15(13-22(2,3)4)19(26-5)14-23-21(25)20(24)18-12-8-10-16-9-6-7-11-17(16)18/h6-12H,13-14H2,1-5H3,(H,23,25)/b19-15+. The largest absolute Gasteiger partial charge is 0.499 e. The third-order valence-corrected chi connectivity index (χ3v) is 4.17. The van der Waals surface area contributed by atoms with Gasteiger partial charge in [-0.2, -0.15) is 0 Å². The zero-order valence-electron chi connectivity index (χ0n) is 16.2. The minimum Gasteiger partial charge on any atom is -0.499 e. The Morgan fingerprint density at radius 1 is 1.04 bits per heavy atom. The monoisotopic (exact) mass is 353 g/mol. The number of amides is 1. The molecule has 1 N–H and O–H groups in total. The summed E-state index contributed by atoms with van der Waals surface area (Å²) >= 11 is 0. The van der Waals surface area contributed by atoms with Crippen molar-refractivity contribution in [3.63, 3.8) is 0 Å². The quantitative estimate of drug-likeness (QED) is 0.473. The molecule has 0 aromatic heterocycles. The number of benzene rings is 2. The number of allylic oxidation sites excluding steroid dienone is 1. The topological polar surface area (TPSA) is 55.4 Å². The Balaban J connectivity index is 2.14. The first-order chi connectivity index (χ1) is 12.2. The molecule has 0 saturated heterocycles. The summed E-state index contributed by atoms with van der Waals surface area (Å²) in [7, 11) is 1.58. The lowest BCUT2D eigenvalue weighted by atomic mass is 9.88. The molecule has 1 amide bonds. The predicted octanol–water partition coefficient (Wildman–Crippen LogP) is 4.50. The van der Waals surface area contributed by atoms with Crippen LogP contribution >= 0.6 is 0 Å². The van der Waals surface area contributed by atoms with Crippen molar-refractivity contribution in [2.45, 2.75) is 34.1 Å². The van der Waals surface area contributed by atoms with E-state index in [9.17, 15) is 9.59 Å². The molecule has 4 heteroatoms. The molecule has 0 heterocycles. The fourth-order valence-electron chi connectivity index (χ4n) is 3.08. The first-order valence-electron chi connectivity index (χ1n) is 8.76. The number of hydrogen-bond acceptors (Lipinski definition) is 3. The molecule has 0 radical (unpaired) electrons. The maximum atomic E-state index is 12.6. The summed E-state index contributed by atoms with van der Waals surface area (Å²) in [5.41, 5.74) is 1.60. The van der Waals surface area contributed by atoms with E-state index in [4.69, 9.17) is 4.74 Å². The van der Waals surface area contributed by atoms with Crippen LogP contribution in [0.4, 0.5) is 0 Å². The smallest absolute Gasteiger partial charge is 0.292 e. The van der Waals surface area contributed by atoms with Gasteiger partial charge in [-0.3, -0.25) is 9.59 Å². The fourth-order valence-corrected chi connectivity index (χ4v) is 3.08. The molecule has 0 fully saturated rings. The average Bonchev–Trinajstić information content (AvgIpc) is 2.59. The fraction of sp³-hybridized carbons (Fsp3) is 0.364. The SMILES string of the molecule is CO/C(CNC(=O)C(=O)c1cccc2ccccc12)=C(\C)CC(C)(C)C. The Bertz CT molecular complexity index is 839. The Kier molecular flexibility index (Phi) is 6.19. The van der Waals surface area contributed by atoms with Gasteiger partial charge < -0.3 is 10.1 Å². The summed E-state index contributed by atoms with van der Waals surface area (Å²) in [5.74, 6) is -0.468. The molecule has 0 atom stereocenters. The second kappa shape index (κ2) is 8.17. The lowest BCUT2D eigenvalue weighted by molar-refractivity contribution is -0.116. The number of rotatable bonds is 6. The molecule has 0 aliphatic heterocycles. The Labute approximate surface area is 155 Å². The van der Waals surface area contributed by atoms with Crippen LogP contribution in [0.25, 0.3) is 10.8 Å². The molecular weight excluding hydrogens is 326 g/mol. The van der Waals surface area contributed by atoms with Gasteiger partial charge in [0.1, 0.15) is 5.76 Å². The minimum absolute atomic E-state index is 0.122. The zero-order chi connectivity index (χ0) is 19.3. The number of nitrogens with one attached hydrogen (secondary N) is 1. The summed E-state index contributed by atoms with van der Waals surface area (Å²) < 4.78 is 5.42. The van der Waals surface area contributed by atoms with Gasteiger partial charge in [-0.1, -0.05) is 63.2 Å². The Morgan fingerprint density at radius 2 is 1.69 bits per heavy atom. The van der Waals surface area contributed by atoms with Gasteiger partial charge in [0.2, 0.25) is 0 Å². The normalized spacial score (nSPS) is 12.5. The van der Waals surface area contributed by atoms with Crippen LogP contribution in [0.1, 0.15) is 44.5 Å². The minimum atomic E-state index is -0.625. The summed E-state index contributed by atoms with van der Waals surface area (Å²) in [6, 6.07) is 12.9. The van der Waals surface area contributed by atoms with E-state index in [1.165, 1.54) is 0 Å². The molecule has 138 valence electrons. The second-order valence-corrected chi connectivity index (χ2v) is 7.68. The van der Waals surface area contributed by atoms with Gasteiger partial charge in [0.25, 0.3) is 11.7 Å². The molecule has 0 unspecified atom stereocenters. The Hall–Kier alpha value is -2.62. The maximum absolute atomic E-state index is 12.6. The molecule has 4 nitrogen and oxygen atoms in total. The molecule has 2 rings (SSSR count). The number of ketones is 1. The Morgan fingerprint density at radius 3 is 2.35 bits per heavy atom.